The Morgan fingerprint density at radius 1 is 1.33 bits per heavy atom. The second-order valence-electron chi connectivity index (χ2n) is 3.92. The highest BCUT2D eigenvalue weighted by molar-refractivity contribution is 7.91. The number of aromatic amines is 1. The third kappa shape index (κ3) is 2.44. The lowest BCUT2D eigenvalue weighted by atomic mass is 10.1. The van der Waals surface area contributed by atoms with Crippen molar-refractivity contribution in [3.8, 4) is 0 Å². The van der Waals surface area contributed by atoms with Crippen LogP contribution in [0.25, 0.3) is 0 Å². The topological polar surface area (TPSA) is 88.8 Å². The Morgan fingerprint density at radius 3 is 2.50 bits per heavy atom. The number of aromatic nitrogens is 2. The van der Waals surface area contributed by atoms with Crippen LogP contribution in [0.1, 0.15) is 24.4 Å². The second-order valence-corrected chi connectivity index (χ2v) is 6.20. The molecule has 0 fully saturated rings. The Balaban J connectivity index is 2.28. The van der Waals surface area contributed by atoms with E-state index in [9.17, 15) is 8.42 Å². The number of sulfone groups is 1. The van der Waals surface area contributed by atoms with Crippen molar-refractivity contribution < 1.29 is 8.42 Å². The first-order chi connectivity index (χ1) is 8.54. The summed E-state index contributed by atoms with van der Waals surface area (Å²) in [4.78, 5) is 7.34. The number of benzene rings is 1. The highest BCUT2D eigenvalue weighted by atomic mass is 32.2. The molecular formula is C12H15N3O2S. The van der Waals surface area contributed by atoms with Crippen molar-refractivity contribution in [1.29, 1.82) is 0 Å². The van der Waals surface area contributed by atoms with E-state index in [1.807, 2.05) is 0 Å². The molecule has 2 aromatic rings. The van der Waals surface area contributed by atoms with E-state index in [0.29, 0.717) is 10.7 Å². The van der Waals surface area contributed by atoms with Crippen LogP contribution >= 0.6 is 0 Å². The molecule has 0 radical (unpaired) electrons. The molecule has 1 aromatic carbocycles. The molecule has 0 saturated carbocycles. The molecule has 5 nitrogen and oxygen atoms in total. The van der Waals surface area contributed by atoms with Gasteiger partial charge in [0.25, 0.3) is 0 Å². The number of nitrogens with two attached hydrogens (primary N) is 1. The minimum absolute atomic E-state index is 0.0938. The normalized spacial score (nSPS) is 13.4. The molecule has 0 aliphatic heterocycles. The van der Waals surface area contributed by atoms with Gasteiger partial charge in [0, 0.05) is 12.4 Å². The molecule has 1 atom stereocenters. The van der Waals surface area contributed by atoms with Crippen LogP contribution < -0.4 is 5.73 Å². The molecule has 0 bridgehead atoms. The summed E-state index contributed by atoms with van der Waals surface area (Å²) in [5.74, 6) is 0.748. The summed E-state index contributed by atoms with van der Waals surface area (Å²) in [6.07, 6.45) is 3.33. The zero-order chi connectivity index (χ0) is 13.2. The molecule has 18 heavy (non-hydrogen) atoms. The quantitative estimate of drug-likeness (QED) is 0.870. The average Bonchev–Trinajstić information content (AvgIpc) is 2.92. The van der Waals surface area contributed by atoms with E-state index >= 15 is 0 Å². The van der Waals surface area contributed by atoms with Crippen molar-refractivity contribution in [3.05, 3.63) is 48.0 Å². The van der Waals surface area contributed by atoms with Crippen LogP contribution in [-0.2, 0) is 9.84 Å². The van der Waals surface area contributed by atoms with Gasteiger partial charge in [-0.1, -0.05) is 19.1 Å². The van der Waals surface area contributed by atoms with Gasteiger partial charge < -0.3 is 10.7 Å². The summed E-state index contributed by atoms with van der Waals surface area (Å²) < 4.78 is 23.3. The summed E-state index contributed by atoms with van der Waals surface area (Å²) in [6, 6.07) is 6.22. The highest BCUT2D eigenvalue weighted by Crippen LogP contribution is 2.19. The summed E-state index contributed by atoms with van der Waals surface area (Å²) in [5.41, 5.74) is 6.83. The largest absolute Gasteiger partial charge is 0.347 e. The number of hydrogen-bond donors (Lipinski definition) is 2. The predicted octanol–water partition coefficient (Wildman–Crippen LogP) is 1.25. The maximum atomic E-state index is 11.7. The maximum absolute atomic E-state index is 11.7. The molecule has 1 unspecified atom stereocenters. The van der Waals surface area contributed by atoms with Crippen LogP contribution in [0.3, 0.4) is 0 Å². The van der Waals surface area contributed by atoms with Crippen LogP contribution in [-0.4, -0.2) is 24.1 Å². The monoisotopic (exact) mass is 265 g/mol. The van der Waals surface area contributed by atoms with Gasteiger partial charge in [0.05, 0.1) is 16.7 Å². The Bertz CT molecular complexity index is 603. The van der Waals surface area contributed by atoms with E-state index in [0.717, 1.165) is 5.56 Å². The van der Waals surface area contributed by atoms with Crippen molar-refractivity contribution in [1.82, 2.24) is 9.97 Å². The van der Waals surface area contributed by atoms with E-state index in [1.165, 1.54) is 0 Å². The van der Waals surface area contributed by atoms with E-state index in [2.05, 4.69) is 9.97 Å². The van der Waals surface area contributed by atoms with Crippen molar-refractivity contribution in [2.24, 2.45) is 5.73 Å². The van der Waals surface area contributed by atoms with Gasteiger partial charge in [0.2, 0.25) is 0 Å². The third-order valence-electron chi connectivity index (χ3n) is 2.79. The van der Waals surface area contributed by atoms with Crippen molar-refractivity contribution in [2.75, 3.05) is 5.75 Å². The number of H-pyrrole nitrogens is 1. The molecule has 0 aliphatic carbocycles. The molecule has 2 rings (SSSR count). The van der Waals surface area contributed by atoms with Crippen LogP contribution in [0.15, 0.2) is 41.6 Å². The van der Waals surface area contributed by atoms with Gasteiger partial charge in [0.1, 0.15) is 5.82 Å². The molecule has 1 heterocycles. The molecule has 0 aliphatic rings. The van der Waals surface area contributed by atoms with Gasteiger partial charge in [0.15, 0.2) is 9.84 Å². The lowest BCUT2D eigenvalue weighted by Gasteiger charge is -2.10. The maximum Gasteiger partial charge on any atom is 0.178 e. The molecule has 3 N–H and O–H groups in total. The molecule has 1 aromatic heterocycles. The number of imidazole rings is 1. The Kier molecular flexibility index (Phi) is 3.49. The van der Waals surface area contributed by atoms with Gasteiger partial charge in [-0.3, -0.25) is 0 Å². The Hall–Kier alpha value is -1.66. The van der Waals surface area contributed by atoms with Gasteiger partial charge >= 0.3 is 0 Å². The van der Waals surface area contributed by atoms with Gasteiger partial charge in [-0.25, -0.2) is 13.4 Å². The minimum Gasteiger partial charge on any atom is -0.347 e. The first-order valence-corrected chi connectivity index (χ1v) is 7.27. The third-order valence-corrected chi connectivity index (χ3v) is 4.54. The number of rotatable bonds is 4. The van der Waals surface area contributed by atoms with Crippen LogP contribution in [0.4, 0.5) is 0 Å². The molecule has 6 heteroatoms. The predicted molar refractivity (Wildman–Crippen MR) is 68.8 cm³/mol. The highest BCUT2D eigenvalue weighted by Gasteiger charge is 2.14. The van der Waals surface area contributed by atoms with Crippen molar-refractivity contribution >= 4 is 9.84 Å². The van der Waals surface area contributed by atoms with Gasteiger partial charge in [-0.05, 0) is 17.7 Å². The van der Waals surface area contributed by atoms with E-state index in [4.69, 9.17) is 5.73 Å². The number of nitrogens with one attached hydrogen (secondary N) is 1. The van der Waals surface area contributed by atoms with Crippen LogP contribution in [0.5, 0.6) is 0 Å². The van der Waals surface area contributed by atoms with E-state index in [-0.39, 0.29) is 11.8 Å². The molecule has 0 saturated heterocycles. The number of nitrogens with zero attached hydrogens (tertiary/aromatic N) is 1. The Morgan fingerprint density at radius 2 is 2.00 bits per heavy atom. The minimum atomic E-state index is -3.16. The van der Waals surface area contributed by atoms with Gasteiger partial charge in [-0.15, -0.1) is 0 Å². The molecular weight excluding hydrogens is 250 g/mol. The summed E-state index contributed by atoms with van der Waals surface area (Å²) in [7, 11) is -3.16. The first kappa shape index (κ1) is 12.8. The fourth-order valence-corrected chi connectivity index (χ4v) is 2.54. The zero-order valence-electron chi connectivity index (χ0n) is 10.00. The smallest absolute Gasteiger partial charge is 0.178 e. The summed E-state index contributed by atoms with van der Waals surface area (Å²) in [5, 5.41) is 0. The zero-order valence-corrected chi connectivity index (χ0v) is 10.8. The fourth-order valence-electron chi connectivity index (χ4n) is 1.65. The van der Waals surface area contributed by atoms with Crippen LogP contribution in [0.2, 0.25) is 0 Å². The van der Waals surface area contributed by atoms with E-state index < -0.39 is 9.84 Å². The standard InChI is InChI=1S/C12H15N3O2S/c1-2-18(16,17)10-5-3-9(4-6-10)11(13)12-14-7-8-15-12/h3-8,11H,2,13H2,1H3,(H,14,15). The SMILES string of the molecule is CCS(=O)(=O)c1ccc(C(N)c2ncc[nH]2)cc1. The van der Waals surface area contributed by atoms with Crippen molar-refractivity contribution in [2.45, 2.75) is 17.9 Å². The second kappa shape index (κ2) is 4.91. The molecule has 96 valence electrons. The lowest BCUT2D eigenvalue weighted by molar-refractivity contribution is 0.597. The first-order valence-electron chi connectivity index (χ1n) is 5.62. The van der Waals surface area contributed by atoms with Crippen LogP contribution in [0, 0.1) is 0 Å². The average molecular weight is 265 g/mol. The lowest BCUT2D eigenvalue weighted by Crippen LogP contribution is -2.13. The van der Waals surface area contributed by atoms with Gasteiger partial charge in [-0.2, -0.15) is 0 Å². The Labute approximate surface area is 106 Å². The van der Waals surface area contributed by atoms with E-state index in [1.54, 1.807) is 43.6 Å². The molecule has 0 spiro atoms. The number of hydrogen-bond acceptors (Lipinski definition) is 4. The summed E-state index contributed by atoms with van der Waals surface area (Å²) >= 11 is 0. The fraction of sp³-hybridized carbons (Fsp3) is 0.250. The molecule has 0 amide bonds. The van der Waals surface area contributed by atoms with Crippen molar-refractivity contribution in [3.63, 3.8) is 0 Å². The summed E-state index contributed by atoms with van der Waals surface area (Å²) in [6.45, 7) is 1.62.